The van der Waals surface area contributed by atoms with Crippen LogP contribution in [-0.2, 0) is 13.0 Å². The number of amides is 1. The van der Waals surface area contributed by atoms with Crippen LogP contribution in [0.3, 0.4) is 0 Å². The van der Waals surface area contributed by atoms with Crippen LogP contribution in [-0.4, -0.2) is 56.2 Å². The molecular weight excluding hydrogens is 368 g/mol. The molecule has 7 nitrogen and oxygen atoms in total. The summed E-state index contributed by atoms with van der Waals surface area (Å²) in [7, 11) is 5.05. The Morgan fingerprint density at radius 2 is 1.86 bits per heavy atom. The maximum Gasteiger partial charge on any atom is 0.253 e. The van der Waals surface area contributed by atoms with Crippen molar-refractivity contribution in [3.8, 4) is 11.5 Å². The van der Waals surface area contributed by atoms with E-state index in [1.165, 1.54) is 0 Å². The number of phenols is 1. The summed E-state index contributed by atoms with van der Waals surface area (Å²) in [6.45, 7) is 3.88. The third-order valence-electron chi connectivity index (χ3n) is 4.35. The average Bonchev–Trinajstić information content (AvgIpc) is 2.72. The number of ether oxygens (including phenoxy) is 1. The van der Waals surface area contributed by atoms with Gasteiger partial charge in [-0.15, -0.1) is 0 Å². The quantitative estimate of drug-likeness (QED) is 0.470. The molecule has 2 aromatic carbocycles. The maximum atomic E-state index is 12.0. The summed E-state index contributed by atoms with van der Waals surface area (Å²) in [6, 6.07) is 12.8. The highest BCUT2D eigenvalue weighted by atomic mass is 16.5. The topological polar surface area (TPSA) is 86.2 Å². The van der Waals surface area contributed by atoms with Gasteiger partial charge in [-0.3, -0.25) is 4.79 Å². The zero-order valence-electron chi connectivity index (χ0n) is 17.5. The minimum atomic E-state index is -0.0168. The zero-order chi connectivity index (χ0) is 21.2. The summed E-state index contributed by atoms with van der Waals surface area (Å²) in [5.74, 6) is 1.54. The molecule has 0 aliphatic rings. The highest BCUT2D eigenvalue weighted by Crippen LogP contribution is 2.23. The summed E-state index contributed by atoms with van der Waals surface area (Å²) in [4.78, 5) is 18.1. The van der Waals surface area contributed by atoms with Gasteiger partial charge in [-0.2, -0.15) is 0 Å². The Bertz CT molecular complexity index is 832. The predicted molar refractivity (Wildman–Crippen MR) is 116 cm³/mol. The number of aromatic hydroxyl groups is 1. The maximum absolute atomic E-state index is 12.0. The predicted octanol–water partition coefficient (Wildman–Crippen LogP) is 2.40. The van der Waals surface area contributed by atoms with Gasteiger partial charge < -0.3 is 25.4 Å². The van der Waals surface area contributed by atoms with Gasteiger partial charge in [0.2, 0.25) is 0 Å². The lowest BCUT2D eigenvalue weighted by Gasteiger charge is -2.13. The number of hydrogen-bond acceptors (Lipinski definition) is 4. The summed E-state index contributed by atoms with van der Waals surface area (Å²) < 4.78 is 5.10. The molecule has 0 saturated carbocycles. The monoisotopic (exact) mass is 398 g/mol. The lowest BCUT2D eigenvalue weighted by molar-refractivity contribution is 0.0827. The number of nitrogens with one attached hydrogen (secondary N) is 2. The Morgan fingerprint density at radius 3 is 2.45 bits per heavy atom. The molecule has 0 saturated heterocycles. The summed E-state index contributed by atoms with van der Waals surface area (Å²) in [6.07, 6.45) is 0.654. The van der Waals surface area contributed by atoms with Crippen LogP contribution in [0.5, 0.6) is 11.5 Å². The number of rotatable bonds is 8. The first-order valence-electron chi connectivity index (χ1n) is 9.63. The first-order chi connectivity index (χ1) is 13.9. The number of guanidine groups is 1. The first-order valence-corrected chi connectivity index (χ1v) is 9.63. The Labute approximate surface area is 172 Å². The van der Waals surface area contributed by atoms with Crippen molar-refractivity contribution in [2.75, 3.05) is 34.3 Å². The molecule has 29 heavy (non-hydrogen) atoms. The summed E-state index contributed by atoms with van der Waals surface area (Å²) in [5.41, 5.74) is 2.52. The highest BCUT2D eigenvalue weighted by Gasteiger charge is 2.07. The molecule has 7 heteroatoms. The zero-order valence-corrected chi connectivity index (χ0v) is 17.5. The molecule has 0 aliphatic carbocycles. The molecule has 156 valence electrons. The van der Waals surface area contributed by atoms with E-state index in [-0.39, 0.29) is 11.7 Å². The molecule has 0 spiro atoms. The average molecular weight is 399 g/mol. The van der Waals surface area contributed by atoms with Crippen LogP contribution in [0.4, 0.5) is 0 Å². The van der Waals surface area contributed by atoms with Crippen molar-refractivity contribution in [2.45, 2.75) is 19.9 Å². The molecule has 2 rings (SSSR count). The van der Waals surface area contributed by atoms with Crippen LogP contribution in [0.15, 0.2) is 47.5 Å². The molecule has 0 heterocycles. The van der Waals surface area contributed by atoms with Crippen molar-refractivity contribution in [3.05, 3.63) is 59.2 Å². The van der Waals surface area contributed by atoms with E-state index in [4.69, 9.17) is 4.74 Å². The van der Waals surface area contributed by atoms with E-state index in [1.807, 2.05) is 43.3 Å². The molecule has 0 radical (unpaired) electrons. The minimum Gasteiger partial charge on any atom is -0.508 e. The molecule has 0 atom stereocenters. The van der Waals surface area contributed by atoms with E-state index in [0.717, 1.165) is 17.7 Å². The van der Waals surface area contributed by atoms with E-state index in [1.54, 1.807) is 32.2 Å². The number of methoxy groups -OCH3 is 1. The van der Waals surface area contributed by atoms with E-state index in [0.29, 0.717) is 36.8 Å². The molecular formula is C22H30N4O3. The van der Waals surface area contributed by atoms with Gasteiger partial charge in [-0.25, -0.2) is 4.99 Å². The third-order valence-corrected chi connectivity index (χ3v) is 4.35. The normalized spacial score (nSPS) is 11.1. The Hall–Kier alpha value is -3.22. The van der Waals surface area contributed by atoms with Gasteiger partial charge in [0.25, 0.3) is 5.91 Å². The number of phenolic OH excluding ortho intramolecular Hbond substituents is 1. The number of hydrogen-bond donors (Lipinski definition) is 3. The molecule has 0 aliphatic heterocycles. The largest absolute Gasteiger partial charge is 0.508 e. The molecule has 0 bridgehead atoms. The van der Waals surface area contributed by atoms with Crippen LogP contribution in [0.2, 0.25) is 0 Å². The molecule has 0 fully saturated rings. The van der Waals surface area contributed by atoms with Crippen molar-refractivity contribution in [3.63, 3.8) is 0 Å². The lowest BCUT2D eigenvalue weighted by atomic mass is 10.1. The fourth-order valence-electron chi connectivity index (χ4n) is 2.72. The van der Waals surface area contributed by atoms with Gasteiger partial charge in [0, 0.05) is 38.8 Å². The van der Waals surface area contributed by atoms with Crippen molar-refractivity contribution < 1.29 is 14.6 Å². The lowest BCUT2D eigenvalue weighted by Crippen LogP contribution is -2.38. The second-order valence-electron chi connectivity index (χ2n) is 6.76. The minimum absolute atomic E-state index is 0.0168. The van der Waals surface area contributed by atoms with Crippen LogP contribution >= 0.6 is 0 Å². The first kappa shape index (κ1) is 22.1. The second-order valence-corrected chi connectivity index (χ2v) is 6.76. The van der Waals surface area contributed by atoms with Gasteiger partial charge in [0.1, 0.15) is 11.5 Å². The van der Waals surface area contributed by atoms with Gasteiger partial charge in [-0.1, -0.05) is 18.2 Å². The molecule has 1 amide bonds. The number of carbonyl (C=O) groups is 1. The Kier molecular flexibility index (Phi) is 8.33. The van der Waals surface area contributed by atoms with E-state index >= 15 is 0 Å². The fraction of sp³-hybridized carbons (Fsp3) is 0.364. The van der Waals surface area contributed by atoms with Crippen molar-refractivity contribution in [1.82, 2.24) is 15.5 Å². The standard InChI is InChI=1S/C22H30N4O3/c1-5-23-22(24-13-12-17-10-11-19(29-4)14-20(17)27)25-15-16-6-8-18(9-7-16)21(28)26(2)3/h6-11,14,27H,5,12-13,15H2,1-4H3,(H2,23,24,25). The van der Waals surface area contributed by atoms with Gasteiger partial charge >= 0.3 is 0 Å². The van der Waals surface area contributed by atoms with E-state index in [9.17, 15) is 9.90 Å². The SMILES string of the molecule is CCNC(=NCc1ccc(C(=O)N(C)C)cc1)NCCc1ccc(OC)cc1O. The van der Waals surface area contributed by atoms with Crippen LogP contribution < -0.4 is 15.4 Å². The van der Waals surface area contributed by atoms with E-state index in [2.05, 4.69) is 15.6 Å². The van der Waals surface area contributed by atoms with Gasteiger partial charge in [0.05, 0.1) is 13.7 Å². The Morgan fingerprint density at radius 1 is 1.14 bits per heavy atom. The fourth-order valence-corrected chi connectivity index (χ4v) is 2.72. The smallest absolute Gasteiger partial charge is 0.253 e. The molecule has 0 aromatic heterocycles. The van der Waals surface area contributed by atoms with Crippen LogP contribution in [0, 0.1) is 0 Å². The van der Waals surface area contributed by atoms with Crippen molar-refractivity contribution in [2.24, 2.45) is 4.99 Å². The molecule has 2 aromatic rings. The summed E-state index contributed by atoms with van der Waals surface area (Å²) >= 11 is 0. The molecule has 3 N–H and O–H groups in total. The van der Waals surface area contributed by atoms with Crippen molar-refractivity contribution in [1.29, 1.82) is 0 Å². The molecule has 0 unspecified atom stereocenters. The number of nitrogens with zero attached hydrogens (tertiary/aromatic N) is 2. The highest BCUT2D eigenvalue weighted by molar-refractivity contribution is 5.93. The van der Waals surface area contributed by atoms with Gasteiger partial charge in [-0.05, 0) is 42.7 Å². The second kappa shape index (κ2) is 10.9. The van der Waals surface area contributed by atoms with Crippen molar-refractivity contribution >= 4 is 11.9 Å². The summed E-state index contributed by atoms with van der Waals surface area (Å²) in [5, 5.41) is 16.5. The van der Waals surface area contributed by atoms with Crippen LogP contribution in [0.25, 0.3) is 0 Å². The number of carbonyl (C=O) groups excluding carboxylic acids is 1. The third kappa shape index (κ3) is 6.71. The Balaban J connectivity index is 1.93. The van der Waals surface area contributed by atoms with Gasteiger partial charge in [0.15, 0.2) is 5.96 Å². The number of benzene rings is 2. The number of aliphatic imine (C=N–C) groups is 1. The van der Waals surface area contributed by atoms with E-state index < -0.39 is 0 Å². The van der Waals surface area contributed by atoms with Crippen LogP contribution in [0.1, 0.15) is 28.4 Å².